The van der Waals surface area contributed by atoms with Gasteiger partial charge in [-0.3, -0.25) is 4.90 Å². The van der Waals surface area contributed by atoms with Gasteiger partial charge in [-0.05, 0) is 19.9 Å². The van der Waals surface area contributed by atoms with Gasteiger partial charge >= 0.3 is 0 Å². The molecule has 0 aromatic carbocycles. The van der Waals surface area contributed by atoms with Crippen LogP contribution in [0.15, 0.2) is 5.16 Å². The van der Waals surface area contributed by atoms with Crippen LogP contribution >= 0.6 is 0 Å². The molecular formula is C8H17N3O2. The highest BCUT2D eigenvalue weighted by atomic mass is 16.5. The molecule has 0 aromatic rings. The van der Waals surface area contributed by atoms with Crippen molar-refractivity contribution in [2.75, 3.05) is 26.8 Å². The molecule has 5 heteroatoms. The summed E-state index contributed by atoms with van der Waals surface area (Å²) < 4.78 is 5.33. The van der Waals surface area contributed by atoms with Crippen molar-refractivity contribution in [2.45, 2.75) is 18.9 Å². The molecular weight excluding hydrogens is 170 g/mol. The van der Waals surface area contributed by atoms with Crippen molar-refractivity contribution >= 4 is 5.84 Å². The van der Waals surface area contributed by atoms with Gasteiger partial charge in [0.1, 0.15) is 0 Å². The SMILES string of the molecule is CN(CC(N)=NO)C1CCCOC1. The number of hydrogen-bond acceptors (Lipinski definition) is 4. The number of hydrogen-bond donors (Lipinski definition) is 2. The molecule has 1 heterocycles. The molecule has 0 aromatic heterocycles. The number of amidine groups is 1. The van der Waals surface area contributed by atoms with Crippen molar-refractivity contribution in [3.63, 3.8) is 0 Å². The van der Waals surface area contributed by atoms with Gasteiger partial charge in [-0.25, -0.2) is 0 Å². The average molecular weight is 187 g/mol. The molecule has 1 unspecified atom stereocenters. The summed E-state index contributed by atoms with van der Waals surface area (Å²) in [6.45, 7) is 2.09. The van der Waals surface area contributed by atoms with E-state index in [1.165, 1.54) is 0 Å². The van der Waals surface area contributed by atoms with E-state index in [1.54, 1.807) is 0 Å². The summed E-state index contributed by atoms with van der Waals surface area (Å²) in [6, 6.07) is 0.397. The van der Waals surface area contributed by atoms with Crippen molar-refractivity contribution in [3.8, 4) is 0 Å². The van der Waals surface area contributed by atoms with Crippen molar-refractivity contribution in [1.82, 2.24) is 4.90 Å². The maximum Gasteiger partial charge on any atom is 0.153 e. The molecule has 1 rings (SSSR count). The van der Waals surface area contributed by atoms with Crippen molar-refractivity contribution in [3.05, 3.63) is 0 Å². The summed E-state index contributed by atoms with van der Waals surface area (Å²) in [4.78, 5) is 2.05. The first-order valence-electron chi connectivity index (χ1n) is 4.48. The second-order valence-electron chi connectivity index (χ2n) is 3.38. The highest BCUT2D eigenvalue weighted by Gasteiger charge is 2.18. The topological polar surface area (TPSA) is 71.1 Å². The Bertz CT molecular complexity index is 178. The van der Waals surface area contributed by atoms with E-state index >= 15 is 0 Å². The van der Waals surface area contributed by atoms with Crippen LogP contribution in [0.1, 0.15) is 12.8 Å². The Hall–Kier alpha value is -0.810. The van der Waals surface area contributed by atoms with Gasteiger partial charge in [0.15, 0.2) is 5.84 Å². The lowest BCUT2D eigenvalue weighted by Crippen LogP contribution is -2.42. The summed E-state index contributed by atoms with van der Waals surface area (Å²) >= 11 is 0. The van der Waals surface area contributed by atoms with E-state index in [2.05, 4.69) is 5.16 Å². The molecule has 1 saturated heterocycles. The summed E-state index contributed by atoms with van der Waals surface area (Å²) in [5, 5.41) is 11.3. The molecule has 5 nitrogen and oxygen atoms in total. The van der Waals surface area contributed by atoms with Gasteiger partial charge in [-0.2, -0.15) is 0 Å². The Balaban J connectivity index is 2.32. The molecule has 1 aliphatic rings. The lowest BCUT2D eigenvalue weighted by atomic mass is 10.1. The van der Waals surface area contributed by atoms with Gasteiger partial charge < -0.3 is 15.7 Å². The van der Waals surface area contributed by atoms with E-state index < -0.39 is 0 Å². The molecule has 3 N–H and O–H groups in total. The van der Waals surface area contributed by atoms with Crippen LogP contribution in [-0.4, -0.2) is 48.8 Å². The Morgan fingerprint density at radius 1 is 1.77 bits per heavy atom. The molecule has 1 fully saturated rings. The molecule has 76 valence electrons. The van der Waals surface area contributed by atoms with Crippen LogP contribution in [0, 0.1) is 0 Å². The molecule has 1 aliphatic heterocycles. The minimum atomic E-state index is 0.244. The van der Waals surface area contributed by atoms with Gasteiger partial charge in [0.05, 0.1) is 13.2 Å². The first-order chi connectivity index (χ1) is 6.24. The first kappa shape index (κ1) is 10.3. The van der Waals surface area contributed by atoms with Gasteiger partial charge in [-0.15, -0.1) is 0 Å². The predicted molar refractivity (Wildman–Crippen MR) is 49.9 cm³/mol. The zero-order valence-electron chi connectivity index (χ0n) is 7.94. The minimum Gasteiger partial charge on any atom is -0.409 e. The van der Waals surface area contributed by atoms with E-state index in [-0.39, 0.29) is 5.84 Å². The number of nitrogens with two attached hydrogens (primary N) is 1. The van der Waals surface area contributed by atoms with Gasteiger partial charge in [-0.1, -0.05) is 5.16 Å². The average Bonchev–Trinajstić information content (AvgIpc) is 2.19. The normalized spacial score (nSPS) is 25.1. The maximum absolute atomic E-state index is 8.39. The second-order valence-corrected chi connectivity index (χ2v) is 3.38. The number of ether oxygens (including phenoxy) is 1. The molecule has 0 saturated carbocycles. The summed E-state index contributed by atoms with van der Waals surface area (Å²) in [5.41, 5.74) is 5.40. The Morgan fingerprint density at radius 2 is 2.54 bits per heavy atom. The van der Waals surface area contributed by atoms with Crippen LogP contribution in [0.4, 0.5) is 0 Å². The third kappa shape index (κ3) is 3.20. The van der Waals surface area contributed by atoms with Crippen LogP contribution in [0.5, 0.6) is 0 Å². The fourth-order valence-electron chi connectivity index (χ4n) is 1.49. The molecule has 0 bridgehead atoms. The third-order valence-corrected chi connectivity index (χ3v) is 2.30. The lowest BCUT2D eigenvalue weighted by molar-refractivity contribution is 0.0325. The molecule has 0 amide bonds. The van der Waals surface area contributed by atoms with Crippen LogP contribution in [0.3, 0.4) is 0 Å². The molecule has 0 radical (unpaired) electrons. The monoisotopic (exact) mass is 187 g/mol. The zero-order chi connectivity index (χ0) is 9.68. The Kier molecular flexibility index (Phi) is 3.98. The Labute approximate surface area is 78.1 Å². The summed E-state index contributed by atoms with van der Waals surface area (Å²) in [7, 11) is 1.96. The Morgan fingerprint density at radius 3 is 3.08 bits per heavy atom. The number of rotatable bonds is 3. The van der Waals surface area contributed by atoms with E-state index in [9.17, 15) is 0 Å². The molecule has 0 aliphatic carbocycles. The molecule has 13 heavy (non-hydrogen) atoms. The molecule has 0 spiro atoms. The largest absolute Gasteiger partial charge is 0.409 e. The van der Waals surface area contributed by atoms with E-state index in [0.717, 1.165) is 26.1 Å². The van der Waals surface area contributed by atoms with Crippen LogP contribution < -0.4 is 5.73 Å². The lowest BCUT2D eigenvalue weighted by Gasteiger charge is -2.30. The van der Waals surface area contributed by atoms with Gasteiger partial charge in [0, 0.05) is 12.6 Å². The minimum absolute atomic E-state index is 0.244. The van der Waals surface area contributed by atoms with Crippen molar-refractivity contribution < 1.29 is 9.94 Å². The smallest absolute Gasteiger partial charge is 0.153 e. The highest BCUT2D eigenvalue weighted by molar-refractivity contribution is 5.81. The second kappa shape index (κ2) is 5.04. The van der Waals surface area contributed by atoms with E-state index in [4.69, 9.17) is 15.7 Å². The van der Waals surface area contributed by atoms with Crippen molar-refractivity contribution in [2.24, 2.45) is 10.9 Å². The number of nitrogens with zero attached hydrogens (tertiary/aromatic N) is 2. The van der Waals surface area contributed by atoms with Gasteiger partial charge in [0.2, 0.25) is 0 Å². The fourth-order valence-corrected chi connectivity index (χ4v) is 1.49. The van der Waals surface area contributed by atoms with Crippen LogP contribution in [-0.2, 0) is 4.74 Å². The highest BCUT2D eigenvalue weighted by Crippen LogP contribution is 2.11. The zero-order valence-corrected chi connectivity index (χ0v) is 7.94. The first-order valence-corrected chi connectivity index (χ1v) is 4.48. The standard InChI is InChI=1S/C8H17N3O2/c1-11(5-8(9)10-12)7-3-2-4-13-6-7/h7,12H,2-6H2,1H3,(H2,9,10). The van der Waals surface area contributed by atoms with Crippen LogP contribution in [0.25, 0.3) is 0 Å². The summed E-state index contributed by atoms with van der Waals surface area (Å²) in [5.74, 6) is 0.244. The third-order valence-electron chi connectivity index (χ3n) is 2.30. The van der Waals surface area contributed by atoms with Crippen molar-refractivity contribution in [1.29, 1.82) is 0 Å². The predicted octanol–water partition coefficient (Wildman–Crippen LogP) is -0.156. The van der Waals surface area contributed by atoms with E-state index in [0.29, 0.717) is 12.6 Å². The van der Waals surface area contributed by atoms with Gasteiger partial charge in [0.25, 0.3) is 0 Å². The molecule has 1 atom stereocenters. The maximum atomic E-state index is 8.39. The summed E-state index contributed by atoms with van der Waals surface area (Å²) in [6.07, 6.45) is 2.21. The van der Waals surface area contributed by atoms with E-state index in [1.807, 2.05) is 11.9 Å². The quantitative estimate of drug-likeness (QED) is 0.279. The fraction of sp³-hybridized carbons (Fsp3) is 0.875. The van der Waals surface area contributed by atoms with Crippen LogP contribution in [0.2, 0.25) is 0 Å². The number of likely N-dealkylation sites (N-methyl/N-ethyl adjacent to an activating group) is 1. The number of oxime groups is 1.